The van der Waals surface area contributed by atoms with Gasteiger partial charge in [0.05, 0.1) is 0 Å². The van der Waals surface area contributed by atoms with Gasteiger partial charge in [-0.3, -0.25) is 0 Å². The van der Waals surface area contributed by atoms with Gasteiger partial charge in [0.2, 0.25) is 0 Å². The van der Waals surface area contributed by atoms with Gasteiger partial charge in [0.1, 0.15) is 15.7 Å². The Labute approximate surface area is 48.5 Å². The summed E-state index contributed by atoms with van der Waals surface area (Å²) in [6.07, 6.45) is 1.32. The molecule has 40 valence electrons. The van der Waals surface area contributed by atoms with Crippen LogP contribution in [-0.2, 0) is 0 Å². The van der Waals surface area contributed by atoms with Crippen molar-refractivity contribution >= 4 is 15.7 Å². The third-order valence-corrected chi connectivity index (χ3v) is 1.78. The summed E-state index contributed by atoms with van der Waals surface area (Å²) in [5, 5.41) is 0. The maximum Gasteiger partial charge on any atom is 0.105 e. The molecule has 0 radical (unpaired) electrons. The molecule has 0 aromatic carbocycles. The van der Waals surface area contributed by atoms with E-state index in [-0.39, 0.29) is 0 Å². The molecule has 0 bridgehead atoms. The lowest BCUT2D eigenvalue weighted by Gasteiger charge is -2.10. The molecule has 0 aliphatic heterocycles. The van der Waals surface area contributed by atoms with Gasteiger partial charge in [-0.15, -0.1) is 0 Å². The molecule has 0 aromatic heterocycles. The quantitative estimate of drug-likeness (QED) is 0.428. The highest BCUT2D eigenvalue weighted by Crippen LogP contribution is 2.14. The molecule has 2 unspecified atom stereocenters. The number of hydrogen-bond donors (Lipinski definition) is 0. The van der Waals surface area contributed by atoms with Crippen LogP contribution in [0.3, 0.4) is 0 Å². The minimum Gasteiger partial charge on any atom is -0.0790 e. The van der Waals surface area contributed by atoms with E-state index in [1.165, 1.54) is 6.32 Å². The van der Waals surface area contributed by atoms with Crippen molar-refractivity contribution in [1.82, 2.24) is 0 Å². The summed E-state index contributed by atoms with van der Waals surface area (Å²) in [7, 11) is 4.51. The fraction of sp³-hybridized carbons (Fsp3) is 1.00. The maximum atomic E-state index is 2.30. The molecule has 0 saturated carbocycles. The van der Waals surface area contributed by atoms with Crippen LogP contribution < -0.4 is 0 Å². The molecule has 0 aromatic rings. The molecule has 0 saturated heterocycles. The average Bonchev–Trinajstić information content (AvgIpc) is 1.65. The van der Waals surface area contributed by atoms with Gasteiger partial charge in [0, 0.05) is 0 Å². The summed E-state index contributed by atoms with van der Waals surface area (Å²) in [6, 6.07) is 0. The summed E-state index contributed by atoms with van der Waals surface area (Å²) in [6.45, 7) is 4.57. The van der Waals surface area contributed by atoms with Gasteiger partial charge in [-0.25, -0.2) is 0 Å². The molecule has 7 heavy (non-hydrogen) atoms. The van der Waals surface area contributed by atoms with Crippen molar-refractivity contribution < 1.29 is 0 Å². The van der Waals surface area contributed by atoms with E-state index in [9.17, 15) is 0 Å². The van der Waals surface area contributed by atoms with Gasteiger partial charge < -0.3 is 0 Å². The predicted octanol–water partition coefficient (Wildman–Crippen LogP) is 0.115. The lowest BCUT2D eigenvalue weighted by molar-refractivity contribution is 0.624. The molecule has 0 amide bonds. The highest BCUT2D eigenvalue weighted by Gasteiger charge is 2.01. The normalized spacial score (nSPS) is 18.6. The maximum absolute atomic E-state index is 2.30. The standard InChI is InChI=1S/C5H14B2/c1-4(3-6)5(2)7/h4-5H,3,6-7H2,1-2H3. The van der Waals surface area contributed by atoms with Gasteiger partial charge in [-0.1, -0.05) is 31.9 Å². The van der Waals surface area contributed by atoms with Crippen molar-refractivity contribution in [3.8, 4) is 0 Å². The molecule has 2 heteroatoms. The minimum absolute atomic E-state index is 0.866. The molecule has 0 rings (SSSR count). The first-order valence-corrected chi connectivity index (χ1v) is 3.18. The van der Waals surface area contributed by atoms with Crippen LogP contribution in [0.15, 0.2) is 0 Å². The molecular weight excluding hydrogens is 81.7 g/mol. The van der Waals surface area contributed by atoms with Crippen molar-refractivity contribution in [2.75, 3.05) is 0 Å². The summed E-state index contributed by atoms with van der Waals surface area (Å²) in [5.74, 6) is 1.77. The zero-order valence-corrected chi connectivity index (χ0v) is 5.86. The number of rotatable bonds is 2. The Morgan fingerprint density at radius 2 is 1.86 bits per heavy atom. The predicted molar refractivity (Wildman–Crippen MR) is 40.5 cm³/mol. The molecule has 0 nitrogen and oxygen atoms in total. The second-order valence-electron chi connectivity index (χ2n) is 2.63. The summed E-state index contributed by atoms with van der Waals surface area (Å²) >= 11 is 0. The SMILES string of the molecule is BCC(C)C(B)C. The molecule has 0 N–H and O–H groups in total. The first-order chi connectivity index (χ1) is 3.18. The monoisotopic (exact) mass is 96.1 g/mol. The highest BCUT2D eigenvalue weighted by molar-refractivity contribution is 6.13. The first-order valence-electron chi connectivity index (χ1n) is 3.18. The Morgan fingerprint density at radius 3 is 1.86 bits per heavy atom. The Kier molecular flexibility index (Phi) is 3.23. The van der Waals surface area contributed by atoms with Crippen molar-refractivity contribution in [2.45, 2.75) is 26.0 Å². The topological polar surface area (TPSA) is 0 Å². The van der Waals surface area contributed by atoms with E-state index in [0.717, 1.165) is 11.7 Å². The van der Waals surface area contributed by atoms with E-state index >= 15 is 0 Å². The molecule has 0 fully saturated rings. The van der Waals surface area contributed by atoms with Crippen LogP contribution >= 0.6 is 0 Å². The van der Waals surface area contributed by atoms with Gasteiger partial charge in [0.25, 0.3) is 0 Å². The van der Waals surface area contributed by atoms with Crippen LogP contribution in [0.5, 0.6) is 0 Å². The average molecular weight is 95.8 g/mol. The van der Waals surface area contributed by atoms with Gasteiger partial charge in [-0.05, 0) is 0 Å². The van der Waals surface area contributed by atoms with Crippen LogP contribution in [0.4, 0.5) is 0 Å². The fourth-order valence-corrected chi connectivity index (χ4v) is 0.471. The molecule has 0 aliphatic carbocycles. The molecule has 0 heterocycles. The minimum atomic E-state index is 0.866. The van der Waals surface area contributed by atoms with Gasteiger partial charge >= 0.3 is 0 Å². The van der Waals surface area contributed by atoms with E-state index in [1.54, 1.807) is 0 Å². The van der Waals surface area contributed by atoms with Gasteiger partial charge in [-0.2, -0.15) is 0 Å². The third kappa shape index (κ3) is 2.78. The van der Waals surface area contributed by atoms with Crippen LogP contribution in [0, 0.1) is 5.92 Å². The van der Waals surface area contributed by atoms with Gasteiger partial charge in [0.15, 0.2) is 0 Å². The van der Waals surface area contributed by atoms with Crippen molar-refractivity contribution in [1.29, 1.82) is 0 Å². The Balaban J connectivity index is 3.14. The molecule has 0 aliphatic rings. The Hall–Kier alpha value is 0.130. The number of hydrogen-bond acceptors (Lipinski definition) is 0. The molecule has 0 spiro atoms. The van der Waals surface area contributed by atoms with E-state index < -0.39 is 0 Å². The largest absolute Gasteiger partial charge is 0.105 e. The van der Waals surface area contributed by atoms with Crippen LogP contribution in [-0.4, -0.2) is 15.7 Å². The van der Waals surface area contributed by atoms with E-state index in [1.807, 2.05) is 0 Å². The summed E-state index contributed by atoms with van der Waals surface area (Å²) < 4.78 is 0. The fourth-order valence-electron chi connectivity index (χ4n) is 0.471. The zero-order valence-electron chi connectivity index (χ0n) is 5.86. The molecule has 2 atom stereocenters. The molecular formula is C5H14B2. The van der Waals surface area contributed by atoms with Crippen LogP contribution in [0.25, 0.3) is 0 Å². The lowest BCUT2D eigenvalue weighted by atomic mass is 9.73. The summed E-state index contributed by atoms with van der Waals surface area (Å²) in [5.41, 5.74) is 0. The third-order valence-electron chi connectivity index (χ3n) is 1.78. The van der Waals surface area contributed by atoms with Crippen LogP contribution in [0.2, 0.25) is 12.1 Å². The summed E-state index contributed by atoms with van der Waals surface area (Å²) in [4.78, 5) is 0. The second kappa shape index (κ2) is 3.17. The van der Waals surface area contributed by atoms with Crippen molar-refractivity contribution in [2.24, 2.45) is 5.92 Å². The zero-order chi connectivity index (χ0) is 5.86. The Bertz CT molecular complexity index is 43.3. The van der Waals surface area contributed by atoms with Crippen LogP contribution in [0.1, 0.15) is 13.8 Å². The van der Waals surface area contributed by atoms with Crippen molar-refractivity contribution in [3.63, 3.8) is 0 Å². The Morgan fingerprint density at radius 1 is 1.43 bits per heavy atom. The van der Waals surface area contributed by atoms with E-state index in [2.05, 4.69) is 29.5 Å². The van der Waals surface area contributed by atoms with E-state index in [0.29, 0.717) is 0 Å². The highest BCUT2D eigenvalue weighted by atomic mass is 14.0. The lowest BCUT2D eigenvalue weighted by Crippen LogP contribution is -1.99. The second-order valence-corrected chi connectivity index (χ2v) is 2.63. The smallest absolute Gasteiger partial charge is 0.0790 e. The van der Waals surface area contributed by atoms with Crippen molar-refractivity contribution in [3.05, 3.63) is 0 Å². The first kappa shape index (κ1) is 7.13. The van der Waals surface area contributed by atoms with E-state index in [4.69, 9.17) is 0 Å².